The highest BCUT2D eigenvalue weighted by Gasteiger charge is 2.07. The SMILES string of the molecule is CCCCCCCCCCCC[NH2+]CCP(=O)([O-])OCC. The van der Waals surface area contributed by atoms with Gasteiger partial charge in [-0.2, -0.15) is 0 Å². The summed E-state index contributed by atoms with van der Waals surface area (Å²) in [5, 5.41) is 2.09. The summed E-state index contributed by atoms with van der Waals surface area (Å²) in [5.41, 5.74) is 0. The summed E-state index contributed by atoms with van der Waals surface area (Å²) in [4.78, 5) is 11.3. The van der Waals surface area contributed by atoms with Crippen LogP contribution in [0.4, 0.5) is 0 Å². The van der Waals surface area contributed by atoms with Crippen LogP contribution in [-0.4, -0.2) is 25.9 Å². The van der Waals surface area contributed by atoms with Crippen molar-refractivity contribution in [2.45, 2.75) is 78.1 Å². The molecule has 0 rings (SSSR count). The van der Waals surface area contributed by atoms with Gasteiger partial charge in [-0.15, -0.1) is 0 Å². The van der Waals surface area contributed by atoms with Crippen LogP contribution in [0.1, 0.15) is 78.1 Å². The second-order valence-corrected chi connectivity index (χ2v) is 7.73. The molecule has 0 aromatic heterocycles. The van der Waals surface area contributed by atoms with E-state index in [-0.39, 0.29) is 12.8 Å². The van der Waals surface area contributed by atoms with Crippen molar-refractivity contribution in [2.24, 2.45) is 0 Å². The average molecular weight is 321 g/mol. The van der Waals surface area contributed by atoms with Gasteiger partial charge in [-0.05, 0) is 19.8 Å². The van der Waals surface area contributed by atoms with Crippen LogP contribution < -0.4 is 10.2 Å². The zero-order valence-electron chi connectivity index (χ0n) is 14.1. The smallest absolute Gasteiger partial charge is 0.140 e. The summed E-state index contributed by atoms with van der Waals surface area (Å²) in [6.07, 6.45) is 13.6. The molecule has 0 aromatic carbocycles. The number of rotatable bonds is 16. The van der Waals surface area contributed by atoms with Gasteiger partial charge in [0.25, 0.3) is 0 Å². The molecule has 0 aliphatic carbocycles. The molecule has 0 radical (unpaired) electrons. The van der Waals surface area contributed by atoms with Crippen molar-refractivity contribution in [3.05, 3.63) is 0 Å². The topological polar surface area (TPSA) is 66.0 Å². The molecule has 21 heavy (non-hydrogen) atoms. The minimum atomic E-state index is -3.56. The minimum Gasteiger partial charge on any atom is -0.778 e. The van der Waals surface area contributed by atoms with Gasteiger partial charge in [0.05, 0.1) is 25.9 Å². The Morgan fingerprint density at radius 2 is 1.38 bits per heavy atom. The Morgan fingerprint density at radius 1 is 0.857 bits per heavy atom. The van der Waals surface area contributed by atoms with Crippen LogP contribution in [0.2, 0.25) is 0 Å². The highest BCUT2D eigenvalue weighted by molar-refractivity contribution is 7.51. The van der Waals surface area contributed by atoms with E-state index < -0.39 is 7.60 Å². The third kappa shape index (κ3) is 16.3. The van der Waals surface area contributed by atoms with Gasteiger partial charge < -0.3 is 19.3 Å². The Labute approximate surface area is 131 Å². The van der Waals surface area contributed by atoms with Crippen molar-refractivity contribution in [1.82, 2.24) is 0 Å². The minimum absolute atomic E-state index is 0.151. The van der Waals surface area contributed by atoms with Crippen molar-refractivity contribution in [2.75, 3.05) is 25.9 Å². The normalized spacial score (nSPS) is 14.2. The summed E-state index contributed by atoms with van der Waals surface area (Å²) in [6.45, 7) is 5.86. The summed E-state index contributed by atoms with van der Waals surface area (Å²) >= 11 is 0. The average Bonchev–Trinajstić information content (AvgIpc) is 2.44. The lowest BCUT2D eigenvalue weighted by atomic mass is 10.1. The maximum absolute atomic E-state index is 11.3. The predicted octanol–water partition coefficient (Wildman–Crippen LogP) is 3.06. The van der Waals surface area contributed by atoms with Gasteiger partial charge in [-0.25, -0.2) is 0 Å². The Morgan fingerprint density at radius 3 is 1.90 bits per heavy atom. The van der Waals surface area contributed by atoms with Crippen LogP contribution in [0.25, 0.3) is 0 Å². The zero-order valence-corrected chi connectivity index (χ0v) is 15.0. The third-order valence-electron chi connectivity index (χ3n) is 3.69. The molecule has 0 aliphatic rings. The van der Waals surface area contributed by atoms with Crippen LogP contribution in [0.15, 0.2) is 0 Å². The van der Waals surface area contributed by atoms with Crippen molar-refractivity contribution in [3.63, 3.8) is 0 Å². The third-order valence-corrected chi connectivity index (χ3v) is 5.15. The van der Waals surface area contributed by atoms with Gasteiger partial charge in [0, 0.05) is 0 Å². The molecule has 1 unspecified atom stereocenters. The number of hydrogen-bond donors (Lipinski definition) is 1. The van der Waals surface area contributed by atoms with Crippen LogP contribution in [0, 0.1) is 0 Å². The van der Waals surface area contributed by atoms with E-state index in [9.17, 15) is 9.46 Å². The molecule has 0 heterocycles. The summed E-state index contributed by atoms with van der Waals surface area (Å²) < 4.78 is 16.0. The lowest BCUT2D eigenvalue weighted by Gasteiger charge is -2.21. The maximum atomic E-state index is 11.3. The fraction of sp³-hybridized carbons (Fsp3) is 1.00. The van der Waals surface area contributed by atoms with Crippen molar-refractivity contribution in [1.29, 1.82) is 0 Å². The Kier molecular flexibility index (Phi) is 15.1. The molecule has 5 heteroatoms. The first-order valence-electron chi connectivity index (χ1n) is 8.88. The van der Waals surface area contributed by atoms with Crippen LogP contribution in [0.3, 0.4) is 0 Å². The van der Waals surface area contributed by atoms with Crippen molar-refractivity contribution < 1.29 is 19.3 Å². The lowest BCUT2D eigenvalue weighted by molar-refractivity contribution is -0.651. The predicted molar refractivity (Wildman–Crippen MR) is 87.6 cm³/mol. The number of hydrogen-bond acceptors (Lipinski definition) is 3. The molecule has 2 N–H and O–H groups in total. The second-order valence-electron chi connectivity index (χ2n) is 5.80. The molecule has 0 amide bonds. The van der Waals surface area contributed by atoms with E-state index in [4.69, 9.17) is 4.52 Å². The Bertz CT molecular complexity index is 262. The van der Waals surface area contributed by atoms with Gasteiger partial charge in [-0.1, -0.05) is 58.3 Å². The number of unbranched alkanes of at least 4 members (excludes halogenated alkanes) is 9. The van der Waals surface area contributed by atoms with Gasteiger partial charge in [-0.3, -0.25) is 0 Å². The van der Waals surface area contributed by atoms with Crippen LogP contribution in [0.5, 0.6) is 0 Å². The molecule has 4 nitrogen and oxygen atoms in total. The summed E-state index contributed by atoms with van der Waals surface area (Å²) in [7, 11) is -3.56. The van der Waals surface area contributed by atoms with Gasteiger partial charge in [0.1, 0.15) is 7.60 Å². The van der Waals surface area contributed by atoms with Crippen LogP contribution in [-0.2, 0) is 9.09 Å². The van der Waals surface area contributed by atoms with E-state index in [1.807, 2.05) is 0 Å². The second kappa shape index (κ2) is 15.0. The summed E-state index contributed by atoms with van der Waals surface area (Å²) in [6, 6.07) is 0. The summed E-state index contributed by atoms with van der Waals surface area (Å²) in [5.74, 6) is 0. The van der Waals surface area contributed by atoms with E-state index in [0.29, 0.717) is 6.54 Å². The van der Waals surface area contributed by atoms with Gasteiger partial charge in [0.2, 0.25) is 0 Å². The quantitative estimate of drug-likeness (QED) is 0.351. The highest BCUT2D eigenvalue weighted by atomic mass is 31.2. The molecule has 0 saturated carbocycles. The molecule has 128 valence electrons. The molecule has 0 saturated heterocycles. The zero-order chi connectivity index (χ0) is 15.8. The van der Waals surface area contributed by atoms with E-state index in [0.717, 1.165) is 6.54 Å². The monoisotopic (exact) mass is 321 g/mol. The Hall–Kier alpha value is 0.110. The molecule has 0 aliphatic heterocycles. The molecule has 0 bridgehead atoms. The lowest BCUT2D eigenvalue weighted by Crippen LogP contribution is -2.85. The standard InChI is InChI=1S/C16H36NO3P/c1-3-5-6-7-8-9-10-11-12-13-14-17-15-16-21(18,19)20-4-2/h17H,3-16H2,1-2H3,(H,18,19). The van der Waals surface area contributed by atoms with E-state index in [2.05, 4.69) is 12.2 Å². The molecule has 0 fully saturated rings. The fourth-order valence-corrected chi connectivity index (χ4v) is 3.45. The number of nitrogens with two attached hydrogens (primary N) is 1. The van der Waals surface area contributed by atoms with Crippen molar-refractivity contribution >= 4 is 7.60 Å². The molecule has 0 spiro atoms. The molecule has 0 aromatic rings. The molecule has 1 atom stereocenters. The van der Waals surface area contributed by atoms with Gasteiger partial charge >= 0.3 is 0 Å². The molecular weight excluding hydrogens is 285 g/mol. The molecular formula is C16H36NO3P. The largest absolute Gasteiger partial charge is 0.778 e. The first-order valence-corrected chi connectivity index (χ1v) is 10.6. The fourth-order valence-electron chi connectivity index (χ4n) is 2.43. The van der Waals surface area contributed by atoms with E-state index in [1.165, 1.54) is 64.2 Å². The highest BCUT2D eigenvalue weighted by Crippen LogP contribution is 2.34. The van der Waals surface area contributed by atoms with E-state index >= 15 is 0 Å². The number of quaternary nitrogens is 1. The maximum Gasteiger partial charge on any atom is 0.140 e. The van der Waals surface area contributed by atoms with E-state index in [1.54, 1.807) is 6.92 Å². The Balaban J connectivity index is 3.14. The first-order chi connectivity index (χ1) is 10.1. The van der Waals surface area contributed by atoms with Crippen LogP contribution >= 0.6 is 7.60 Å². The van der Waals surface area contributed by atoms with Gasteiger partial charge in [0.15, 0.2) is 0 Å². The first kappa shape index (κ1) is 21.1. The van der Waals surface area contributed by atoms with Crippen molar-refractivity contribution in [3.8, 4) is 0 Å².